The normalized spacial score (nSPS) is 18.1. The van der Waals surface area contributed by atoms with Crippen LogP contribution in [0.5, 0.6) is 0 Å². The number of hydrogen-bond donors (Lipinski definition) is 2. The number of halogens is 3. The molecule has 4 amide bonds. The molecular formula is C24H19F3N4O4. The number of nitrogens with zero attached hydrogens (tertiary/aromatic N) is 2. The van der Waals surface area contributed by atoms with E-state index in [0.29, 0.717) is 22.3 Å². The summed E-state index contributed by atoms with van der Waals surface area (Å²) in [4.78, 5) is 51.2. The minimum Gasteiger partial charge on any atom is -0.340 e. The molecule has 2 N–H and O–H groups in total. The van der Waals surface area contributed by atoms with Crippen molar-refractivity contribution in [1.82, 2.24) is 14.8 Å². The molecule has 1 fully saturated rings. The van der Waals surface area contributed by atoms with Crippen molar-refractivity contribution in [3.05, 3.63) is 64.8 Å². The van der Waals surface area contributed by atoms with E-state index in [-0.39, 0.29) is 42.3 Å². The van der Waals surface area contributed by atoms with E-state index in [0.717, 1.165) is 12.1 Å². The number of alkyl halides is 3. The number of benzene rings is 2. The Morgan fingerprint density at radius 1 is 1.11 bits per heavy atom. The van der Waals surface area contributed by atoms with Gasteiger partial charge in [0.15, 0.2) is 0 Å². The number of rotatable bonds is 3. The van der Waals surface area contributed by atoms with Gasteiger partial charge in [-0.15, -0.1) is 0 Å². The molecule has 0 bridgehead atoms. The Bertz CT molecular complexity index is 1430. The molecule has 0 aliphatic carbocycles. The highest BCUT2D eigenvalue weighted by Crippen LogP contribution is 2.34. The summed E-state index contributed by atoms with van der Waals surface area (Å²) in [5.74, 6) is -1.87. The van der Waals surface area contributed by atoms with E-state index in [1.54, 1.807) is 25.2 Å². The smallest absolute Gasteiger partial charge is 0.340 e. The number of nitrogens with one attached hydrogen (secondary N) is 2. The number of hydrogen-bond acceptors (Lipinski definition) is 4. The highest BCUT2D eigenvalue weighted by Gasteiger charge is 2.40. The number of fused-ring (bicyclic) bond motifs is 2. The molecule has 0 spiro atoms. The van der Waals surface area contributed by atoms with Crippen molar-refractivity contribution in [3.8, 4) is 0 Å². The number of aromatic nitrogens is 1. The highest BCUT2D eigenvalue weighted by molar-refractivity contribution is 6.09. The fourth-order valence-corrected chi connectivity index (χ4v) is 4.63. The summed E-state index contributed by atoms with van der Waals surface area (Å²) in [6.45, 7) is 0.0704. The standard InChI is InChI=1S/C24H19F3N4O4/c1-30-17-6-5-13(24(25,26)27)9-12(17)10-19(30)22(34)28-16-4-2-3-14-15(16)11-31(23(14)35)18-7-8-20(32)29-21(18)33/h2-6,9-10,18H,7-8,11H2,1H3,(H,28,34)(H,29,32,33). The van der Waals surface area contributed by atoms with Crippen LogP contribution in [-0.2, 0) is 29.4 Å². The van der Waals surface area contributed by atoms with Gasteiger partial charge in [-0.25, -0.2) is 0 Å². The molecule has 0 radical (unpaired) electrons. The molecule has 1 atom stereocenters. The molecule has 11 heteroatoms. The lowest BCUT2D eigenvalue weighted by Gasteiger charge is -2.29. The van der Waals surface area contributed by atoms with Gasteiger partial charge in [0.05, 0.1) is 5.56 Å². The Morgan fingerprint density at radius 2 is 1.89 bits per heavy atom. The quantitative estimate of drug-likeness (QED) is 0.558. The average Bonchev–Trinajstić information content (AvgIpc) is 3.31. The van der Waals surface area contributed by atoms with E-state index >= 15 is 0 Å². The lowest BCUT2D eigenvalue weighted by molar-refractivity contribution is -0.138. The van der Waals surface area contributed by atoms with Gasteiger partial charge in [-0.3, -0.25) is 24.5 Å². The molecule has 2 aliphatic rings. The minimum atomic E-state index is -4.50. The monoisotopic (exact) mass is 484 g/mol. The zero-order valence-electron chi connectivity index (χ0n) is 18.4. The van der Waals surface area contributed by atoms with Crippen molar-refractivity contribution in [2.45, 2.75) is 31.6 Å². The second-order valence-electron chi connectivity index (χ2n) is 8.55. The van der Waals surface area contributed by atoms with Gasteiger partial charge in [-0.2, -0.15) is 13.2 Å². The molecule has 8 nitrogen and oxygen atoms in total. The lowest BCUT2D eigenvalue weighted by atomic mass is 10.0. The van der Waals surface area contributed by atoms with Gasteiger partial charge in [0.25, 0.3) is 11.8 Å². The predicted octanol–water partition coefficient (Wildman–Crippen LogP) is 3.21. The second-order valence-corrected chi connectivity index (χ2v) is 8.55. The first-order chi connectivity index (χ1) is 16.5. The molecule has 35 heavy (non-hydrogen) atoms. The predicted molar refractivity (Wildman–Crippen MR) is 118 cm³/mol. The molecule has 2 aliphatic heterocycles. The van der Waals surface area contributed by atoms with Crippen LogP contribution < -0.4 is 10.6 Å². The van der Waals surface area contributed by atoms with E-state index in [9.17, 15) is 32.3 Å². The third-order valence-electron chi connectivity index (χ3n) is 6.43. The third-order valence-corrected chi connectivity index (χ3v) is 6.43. The minimum absolute atomic E-state index is 0.0704. The number of carbonyl (C=O) groups is 4. The van der Waals surface area contributed by atoms with Crippen LogP contribution in [0.2, 0.25) is 0 Å². The van der Waals surface area contributed by atoms with E-state index in [1.165, 1.54) is 21.6 Å². The van der Waals surface area contributed by atoms with Crippen LogP contribution in [0.4, 0.5) is 18.9 Å². The summed E-state index contributed by atoms with van der Waals surface area (Å²) in [6.07, 6.45) is -4.17. The van der Waals surface area contributed by atoms with Crippen LogP contribution in [0.1, 0.15) is 44.8 Å². The van der Waals surface area contributed by atoms with Gasteiger partial charge >= 0.3 is 6.18 Å². The van der Waals surface area contributed by atoms with Crippen LogP contribution in [0.15, 0.2) is 42.5 Å². The summed E-state index contributed by atoms with van der Waals surface area (Å²) in [5, 5.41) is 5.26. The Morgan fingerprint density at radius 3 is 2.60 bits per heavy atom. The van der Waals surface area contributed by atoms with Crippen molar-refractivity contribution >= 4 is 40.2 Å². The molecule has 0 saturated carbocycles. The Hall–Kier alpha value is -4.15. The van der Waals surface area contributed by atoms with Crippen molar-refractivity contribution in [3.63, 3.8) is 0 Å². The summed E-state index contributed by atoms with van der Waals surface area (Å²) < 4.78 is 40.7. The number of imide groups is 1. The van der Waals surface area contributed by atoms with Crippen LogP contribution in [0.3, 0.4) is 0 Å². The number of anilines is 1. The van der Waals surface area contributed by atoms with Gasteiger partial charge in [0, 0.05) is 47.7 Å². The second kappa shape index (κ2) is 7.97. The van der Waals surface area contributed by atoms with Crippen molar-refractivity contribution < 1.29 is 32.3 Å². The van der Waals surface area contributed by atoms with Crippen LogP contribution in [0.25, 0.3) is 10.9 Å². The summed E-state index contributed by atoms with van der Waals surface area (Å²) in [6, 6.07) is 8.65. The largest absolute Gasteiger partial charge is 0.416 e. The lowest BCUT2D eigenvalue weighted by Crippen LogP contribution is -2.52. The van der Waals surface area contributed by atoms with Crippen LogP contribution in [-0.4, -0.2) is 39.1 Å². The van der Waals surface area contributed by atoms with Crippen LogP contribution in [0, 0.1) is 0 Å². The first-order valence-corrected chi connectivity index (χ1v) is 10.8. The number of aryl methyl sites for hydroxylation is 1. The first kappa shape index (κ1) is 22.6. The van der Waals surface area contributed by atoms with Crippen molar-refractivity contribution in [1.29, 1.82) is 0 Å². The fraction of sp³-hybridized carbons (Fsp3) is 0.250. The molecule has 2 aromatic carbocycles. The molecule has 3 heterocycles. The molecule has 1 aromatic heterocycles. The molecule has 3 aromatic rings. The maximum Gasteiger partial charge on any atom is 0.416 e. The number of amides is 4. The summed E-state index contributed by atoms with van der Waals surface area (Å²) in [7, 11) is 1.58. The van der Waals surface area contributed by atoms with Gasteiger partial charge in [0.1, 0.15) is 11.7 Å². The average molecular weight is 484 g/mol. The van der Waals surface area contributed by atoms with Crippen LogP contribution >= 0.6 is 0 Å². The number of piperidine rings is 1. The molecular weight excluding hydrogens is 465 g/mol. The Kier molecular flexibility index (Phi) is 5.15. The van der Waals surface area contributed by atoms with Gasteiger partial charge in [-0.05, 0) is 42.8 Å². The highest BCUT2D eigenvalue weighted by atomic mass is 19.4. The zero-order chi connectivity index (χ0) is 25.1. The summed E-state index contributed by atoms with van der Waals surface area (Å²) in [5.41, 5.74) is 1.00. The summed E-state index contributed by atoms with van der Waals surface area (Å²) >= 11 is 0. The van der Waals surface area contributed by atoms with E-state index < -0.39 is 29.6 Å². The van der Waals surface area contributed by atoms with E-state index in [2.05, 4.69) is 10.6 Å². The third kappa shape index (κ3) is 3.82. The maximum atomic E-state index is 13.1. The molecule has 5 rings (SSSR count). The van der Waals surface area contributed by atoms with Crippen molar-refractivity contribution in [2.24, 2.45) is 7.05 Å². The number of carbonyl (C=O) groups excluding carboxylic acids is 4. The zero-order valence-corrected chi connectivity index (χ0v) is 18.4. The Labute approximate surface area is 196 Å². The molecule has 1 unspecified atom stereocenters. The van der Waals surface area contributed by atoms with Crippen molar-refractivity contribution in [2.75, 3.05) is 5.32 Å². The maximum absolute atomic E-state index is 13.1. The topological polar surface area (TPSA) is 101 Å². The fourth-order valence-electron chi connectivity index (χ4n) is 4.63. The SMILES string of the molecule is Cn1c(C(=O)Nc2cccc3c2CN(C2CCC(=O)NC2=O)C3=O)cc2cc(C(F)(F)F)ccc21. The Balaban J connectivity index is 1.42. The van der Waals surface area contributed by atoms with Gasteiger partial charge in [0.2, 0.25) is 11.8 Å². The van der Waals surface area contributed by atoms with E-state index in [1.807, 2.05) is 0 Å². The van der Waals surface area contributed by atoms with Gasteiger partial charge in [-0.1, -0.05) is 6.07 Å². The molecule has 1 saturated heterocycles. The first-order valence-electron chi connectivity index (χ1n) is 10.8. The molecule has 180 valence electrons. The van der Waals surface area contributed by atoms with Gasteiger partial charge < -0.3 is 14.8 Å². The van der Waals surface area contributed by atoms with E-state index in [4.69, 9.17) is 0 Å².